The highest BCUT2D eigenvalue weighted by atomic mass is 32.2. The molecule has 1 aliphatic rings. The van der Waals surface area contributed by atoms with Gasteiger partial charge in [0.25, 0.3) is 0 Å². The molecular weight excluding hydrogens is 240 g/mol. The van der Waals surface area contributed by atoms with Crippen LogP contribution in [0.4, 0.5) is 0 Å². The maximum Gasteiger partial charge on any atom is 0.0237 e. The van der Waals surface area contributed by atoms with Gasteiger partial charge < -0.3 is 5.73 Å². The second kappa shape index (κ2) is 7.17. The van der Waals surface area contributed by atoms with Gasteiger partial charge in [0.2, 0.25) is 0 Å². The Morgan fingerprint density at radius 1 is 1.33 bits per heavy atom. The largest absolute Gasteiger partial charge is 0.330 e. The number of thioether (sulfide) groups is 1. The average molecular weight is 264 g/mol. The molecule has 100 valence electrons. The van der Waals surface area contributed by atoms with Crippen LogP contribution in [0.5, 0.6) is 0 Å². The molecule has 2 unspecified atom stereocenters. The van der Waals surface area contributed by atoms with Crippen molar-refractivity contribution in [2.75, 3.05) is 18.8 Å². The van der Waals surface area contributed by atoms with Gasteiger partial charge in [-0.05, 0) is 30.7 Å². The lowest BCUT2D eigenvalue weighted by Crippen LogP contribution is -2.39. The monoisotopic (exact) mass is 264 g/mol. The molecule has 1 aromatic rings. The Morgan fingerprint density at radius 2 is 2.11 bits per heavy atom. The smallest absolute Gasteiger partial charge is 0.0237 e. The third-order valence-corrected chi connectivity index (χ3v) is 4.99. The second-order valence-corrected chi connectivity index (χ2v) is 6.52. The SMILES string of the molecule is CC1SCCC1N(CCCN)Cc1ccccc1. The van der Waals surface area contributed by atoms with Crippen LogP contribution in [0.15, 0.2) is 30.3 Å². The van der Waals surface area contributed by atoms with Crippen molar-refractivity contribution >= 4 is 11.8 Å². The first kappa shape index (κ1) is 13.9. The van der Waals surface area contributed by atoms with Crippen LogP contribution in [0, 0.1) is 0 Å². The lowest BCUT2D eigenvalue weighted by atomic mass is 10.1. The van der Waals surface area contributed by atoms with Gasteiger partial charge in [0.15, 0.2) is 0 Å². The van der Waals surface area contributed by atoms with Crippen molar-refractivity contribution in [3.05, 3.63) is 35.9 Å². The van der Waals surface area contributed by atoms with E-state index in [1.807, 2.05) is 0 Å². The molecule has 3 heteroatoms. The summed E-state index contributed by atoms with van der Waals surface area (Å²) in [5.74, 6) is 1.31. The van der Waals surface area contributed by atoms with E-state index in [9.17, 15) is 0 Å². The summed E-state index contributed by atoms with van der Waals surface area (Å²) in [6.07, 6.45) is 2.42. The number of rotatable bonds is 6. The normalized spacial score (nSPS) is 23.7. The Morgan fingerprint density at radius 3 is 2.72 bits per heavy atom. The summed E-state index contributed by atoms with van der Waals surface area (Å²) in [7, 11) is 0. The zero-order chi connectivity index (χ0) is 12.8. The summed E-state index contributed by atoms with van der Waals surface area (Å²) >= 11 is 2.10. The summed E-state index contributed by atoms with van der Waals surface area (Å²) in [5, 5.41) is 0.756. The van der Waals surface area contributed by atoms with Crippen LogP contribution >= 0.6 is 11.8 Å². The van der Waals surface area contributed by atoms with Crippen LogP contribution in [0.2, 0.25) is 0 Å². The third kappa shape index (κ3) is 3.74. The fraction of sp³-hybridized carbons (Fsp3) is 0.600. The number of nitrogens with two attached hydrogens (primary N) is 1. The highest BCUT2D eigenvalue weighted by Crippen LogP contribution is 2.31. The van der Waals surface area contributed by atoms with Gasteiger partial charge in [0, 0.05) is 24.4 Å². The number of hydrogen-bond donors (Lipinski definition) is 1. The first-order chi connectivity index (χ1) is 8.81. The Balaban J connectivity index is 2.00. The fourth-order valence-corrected chi connectivity index (χ4v) is 3.95. The van der Waals surface area contributed by atoms with Gasteiger partial charge in [-0.1, -0.05) is 37.3 Å². The molecule has 1 heterocycles. The zero-order valence-corrected chi connectivity index (χ0v) is 12.0. The van der Waals surface area contributed by atoms with E-state index < -0.39 is 0 Å². The molecule has 2 nitrogen and oxygen atoms in total. The molecule has 0 bridgehead atoms. The molecule has 0 aliphatic carbocycles. The van der Waals surface area contributed by atoms with Crippen LogP contribution in [-0.2, 0) is 6.54 Å². The molecule has 1 saturated heterocycles. The van der Waals surface area contributed by atoms with Crippen LogP contribution in [-0.4, -0.2) is 35.0 Å². The van der Waals surface area contributed by atoms with E-state index in [4.69, 9.17) is 5.73 Å². The van der Waals surface area contributed by atoms with Crippen LogP contribution in [0.25, 0.3) is 0 Å². The standard InChI is InChI=1S/C15H24N2S/c1-13-15(8-11-18-13)17(10-5-9-16)12-14-6-3-2-4-7-14/h2-4,6-7,13,15H,5,8-12,16H2,1H3. The van der Waals surface area contributed by atoms with Crippen LogP contribution < -0.4 is 5.73 Å². The number of benzene rings is 1. The van der Waals surface area contributed by atoms with Gasteiger partial charge in [-0.15, -0.1) is 0 Å². The van der Waals surface area contributed by atoms with Crippen molar-refractivity contribution in [3.63, 3.8) is 0 Å². The molecule has 2 atom stereocenters. The second-order valence-electron chi connectivity index (χ2n) is 5.03. The molecular formula is C15H24N2S. The minimum absolute atomic E-state index is 0.724. The van der Waals surface area contributed by atoms with Crippen molar-refractivity contribution < 1.29 is 0 Å². The molecule has 1 aliphatic heterocycles. The predicted molar refractivity (Wildman–Crippen MR) is 80.8 cm³/mol. The molecule has 0 saturated carbocycles. The molecule has 0 amide bonds. The van der Waals surface area contributed by atoms with Gasteiger partial charge in [-0.25, -0.2) is 0 Å². The van der Waals surface area contributed by atoms with E-state index >= 15 is 0 Å². The molecule has 2 N–H and O–H groups in total. The van der Waals surface area contributed by atoms with E-state index in [1.165, 1.54) is 17.7 Å². The van der Waals surface area contributed by atoms with Crippen molar-refractivity contribution in [3.8, 4) is 0 Å². The van der Waals surface area contributed by atoms with Crippen molar-refractivity contribution in [2.24, 2.45) is 5.73 Å². The number of hydrogen-bond acceptors (Lipinski definition) is 3. The topological polar surface area (TPSA) is 29.3 Å². The first-order valence-corrected chi connectivity index (χ1v) is 7.96. The minimum atomic E-state index is 0.724. The predicted octanol–water partition coefficient (Wildman–Crippen LogP) is 2.73. The molecule has 2 rings (SSSR count). The van der Waals surface area contributed by atoms with E-state index in [0.717, 1.165) is 37.3 Å². The highest BCUT2D eigenvalue weighted by Gasteiger charge is 2.29. The molecule has 1 aromatic carbocycles. The molecule has 0 spiro atoms. The van der Waals surface area contributed by atoms with Gasteiger partial charge in [-0.3, -0.25) is 4.90 Å². The van der Waals surface area contributed by atoms with Gasteiger partial charge >= 0.3 is 0 Å². The van der Waals surface area contributed by atoms with E-state index in [1.54, 1.807) is 0 Å². The van der Waals surface area contributed by atoms with Gasteiger partial charge in [0.1, 0.15) is 0 Å². The minimum Gasteiger partial charge on any atom is -0.330 e. The highest BCUT2D eigenvalue weighted by molar-refractivity contribution is 8.00. The van der Waals surface area contributed by atoms with E-state index in [-0.39, 0.29) is 0 Å². The van der Waals surface area contributed by atoms with E-state index in [2.05, 4.69) is 53.9 Å². The van der Waals surface area contributed by atoms with Gasteiger partial charge in [-0.2, -0.15) is 11.8 Å². The summed E-state index contributed by atoms with van der Waals surface area (Å²) in [5.41, 5.74) is 7.09. The Labute approximate surface area is 115 Å². The van der Waals surface area contributed by atoms with Crippen molar-refractivity contribution in [1.82, 2.24) is 4.90 Å². The first-order valence-electron chi connectivity index (χ1n) is 6.91. The summed E-state index contributed by atoms with van der Waals surface area (Å²) in [6, 6.07) is 11.5. The van der Waals surface area contributed by atoms with Crippen LogP contribution in [0.3, 0.4) is 0 Å². The third-order valence-electron chi connectivity index (χ3n) is 3.68. The Bertz CT molecular complexity index is 342. The van der Waals surface area contributed by atoms with E-state index in [0.29, 0.717) is 0 Å². The Hall–Kier alpha value is -0.510. The summed E-state index contributed by atoms with van der Waals surface area (Å²) in [6.45, 7) is 5.35. The lowest BCUT2D eigenvalue weighted by Gasteiger charge is -2.31. The molecule has 18 heavy (non-hydrogen) atoms. The molecule has 1 fully saturated rings. The van der Waals surface area contributed by atoms with Crippen molar-refractivity contribution in [1.29, 1.82) is 0 Å². The van der Waals surface area contributed by atoms with Crippen molar-refractivity contribution in [2.45, 2.75) is 37.6 Å². The quantitative estimate of drug-likeness (QED) is 0.856. The summed E-state index contributed by atoms with van der Waals surface area (Å²) in [4.78, 5) is 2.63. The van der Waals surface area contributed by atoms with Crippen LogP contribution in [0.1, 0.15) is 25.3 Å². The number of nitrogens with zero attached hydrogens (tertiary/aromatic N) is 1. The maximum atomic E-state index is 5.67. The average Bonchev–Trinajstić information content (AvgIpc) is 2.82. The Kier molecular flexibility index (Phi) is 5.54. The fourth-order valence-electron chi connectivity index (χ4n) is 2.67. The maximum absolute atomic E-state index is 5.67. The molecule has 0 aromatic heterocycles. The lowest BCUT2D eigenvalue weighted by molar-refractivity contribution is 0.186. The van der Waals surface area contributed by atoms with Gasteiger partial charge in [0.05, 0.1) is 0 Å². The zero-order valence-electron chi connectivity index (χ0n) is 11.2. The molecule has 0 radical (unpaired) electrons. The summed E-state index contributed by atoms with van der Waals surface area (Å²) < 4.78 is 0.